The third-order valence-corrected chi connectivity index (χ3v) is 8.29. The molecule has 0 saturated carbocycles. The molecule has 4 aromatic rings. The van der Waals surface area contributed by atoms with Crippen molar-refractivity contribution >= 4 is 28.4 Å². The molecule has 45 heavy (non-hydrogen) atoms. The van der Waals surface area contributed by atoms with Crippen LogP contribution in [-0.2, 0) is 11.2 Å². The van der Waals surface area contributed by atoms with Crippen LogP contribution in [0.15, 0.2) is 48.0 Å². The maximum Gasteiger partial charge on any atom is 0.355 e. The number of pyridine rings is 1. The minimum absolute atomic E-state index is 0.0820. The van der Waals surface area contributed by atoms with Crippen LogP contribution >= 0.6 is 0 Å². The van der Waals surface area contributed by atoms with Crippen LogP contribution in [0.5, 0.6) is 0 Å². The lowest BCUT2D eigenvalue weighted by molar-refractivity contribution is -0.128. The van der Waals surface area contributed by atoms with Gasteiger partial charge < -0.3 is 15.5 Å². The van der Waals surface area contributed by atoms with Crippen molar-refractivity contribution in [2.75, 3.05) is 23.7 Å². The van der Waals surface area contributed by atoms with E-state index >= 15 is 4.39 Å². The van der Waals surface area contributed by atoms with Crippen molar-refractivity contribution in [2.45, 2.75) is 71.9 Å². The second kappa shape index (κ2) is 12.3. The average Bonchev–Trinajstić information content (AvgIpc) is 2.99. The summed E-state index contributed by atoms with van der Waals surface area (Å²) in [5.41, 5.74) is 7.40. The van der Waals surface area contributed by atoms with Gasteiger partial charge in [-0.2, -0.15) is 4.98 Å². The number of piperazine rings is 1. The van der Waals surface area contributed by atoms with E-state index in [2.05, 4.69) is 21.5 Å². The number of hydrogen-bond donors (Lipinski definition) is 1. The first kappa shape index (κ1) is 31.7. The normalized spacial score (nSPS) is 17.0. The van der Waals surface area contributed by atoms with Crippen LogP contribution in [0.25, 0.3) is 16.7 Å². The first-order valence-electron chi connectivity index (χ1n) is 15.0. The number of benzene rings is 1. The van der Waals surface area contributed by atoms with E-state index in [1.54, 1.807) is 11.0 Å². The summed E-state index contributed by atoms with van der Waals surface area (Å²) in [5.74, 6) is -1.43. The minimum Gasteiger partial charge on any atom is -0.398 e. The summed E-state index contributed by atoms with van der Waals surface area (Å²) in [6.45, 7) is 15.9. The Morgan fingerprint density at radius 3 is 2.31 bits per heavy atom. The first-order chi connectivity index (χ1) is 21.3. The Morgan fingerprint density at radius 2 is 1.71 bits per heavy atom. The van der Waals surface area contributed by atoms with Gasteiger partial charge in [-0.3, -0.25) is 4.79 Å². The van der Waals surface area contributed by atoms with Gasteiger partial charge in [0, 0.05) is 42.8 Å². The quantitative estimate of drug-likeness (QED) is 0.230. The van der Waals surface area contributed by atoms with Crippen LogP contribution in [0.1, 0.15) is 76.0 Å². The summed E-state index contributed by atoms with van der Waals surface area (Å²) < 4.78 is 32.2. The molecule has 2 atom stereocenters. The van der Waals surface area contributed by atoms with Crippen LogP contribution in [0.4, 0.5) is 20.3 Å². The molecule has 1 aliphatic rings. The second-order valence-electron chi connectivity index (χ2n) is 12.2. The maximum absolute atomic E-state index is 16.0. The summed E-state index contributed by atoms with van der Waals surface area (Å²) in [5, 5.41) is 0.285. The Morgan fingerprint density at radius 1 is 1.04 bits per heavy atom. The fourth-order valence-corrected chi connectivity index (χ4v) is 5.94. The SMILES string of the molecule is C=CC(=O)N1C[C@H](C)N(c2nc(=O)n(-c3c(C(C)C)ncnc3C(C)C)c3nc(Cc4c(N)cccc4F)c(F)cc23)C[C@H]1C. The lowest BCUT2D eigenvalue weighted by Crippen LogP contribution is -2.58. The Kier molecular flexibility index (Phi) is 8.68. The first-order valence-corrected chi connectivity index (χ1v) is 15.0. The van der Waals surface area contributed by atoms with Gasteiger partial charge in [0.25, 0.3) is 0 Å². The standard InChI is InChI=1S/C33H38F2N8O2/c1-8-27(44)41-14-20(7)42(15-19(41)6)31-22-12-24(35)26(13-21-23(34)10-9-11-25(21)36)39-32(22)43(33(45)40-31)30-28(17(2)3)37-16-38-29(30)18(4)5/h8-12,16-20H,1,13-15,36H2,2-7H3/t19-,20+/m1/s1. The maximum atomic E-state index is 16.0. The number of carbonyl (C=O) groups is 1. The van der Waals surface area contributed by atoms with Crippen LogP contribution in [-0.4, -0.2) is 60.5 Å². The lowest BCUT2D eigenvalue weighted by Gasteiger charge is -2.44. The van der Waals surface area contributed by atoms with Gasteiger partial charge >= 0.3 is 5.69 Å². The summed E-state index contributed by atoms with van der Waals surface area (Å²) >= 11 is 0. The van der Waals surface area contributed by atoms with E-state index in [1.165, 1.54) is 35.2 Å². The van der Waals surface area contributed by atoms with Gasteiger partial charge in [0.15, 0.2) is 5.65 Å². The molecular formula is C33H38F2N8O2. The number of nitrogen functional groups attached to an aromatic ring is 1. The van der Waals surface area contributed by atoms with Gasteiger partial charge in [0.1, 0.15) is 23.8 Å². The smallest absolute Gasteiger partial charge is 0.355 e. The summed E-state index contributed by atoms with van der Waals surface area (Å²) in [6.07, 6.45) is 2.51. The van der Waals surface area contributed by atoms with Crippen molar-refractivity contribution in [3.63, 3.8) is 0 Å². The molecular weight excluding hydrogens is 578 g/mol. The monoisotopic (exact) mass is 616 g/mol. The molecule has 1 fully saturated rings. The van der Waals surface area contributed by atoms with Crippen LogP contribution in [0.3, 0.4) is 0 Å². The molecule has 4 heterocycles. The number of hydrogen-bond acceptors (Lipinski definition) is 8. The third-order valence-electron chi connectivity index (χ3n) is 8.29. The van der Waals surface area contributed by atoms with E-state index < -0.39 is 17.3 Å². The van der Waals surface area contributed by atoms with Crippen LogP contribution in [0.2, 0.25) is 0 Å². The van der Waals surface area contributed by atoms with E-state index in [0.29, 0.717) is 30.2 Å². The number of nitrogens with two attached hydrogens (primary N) is 1. The molecule has 1 aliphatic heterocycles. The molecule has 236 valence electrons. The van der Waals surface area contributed by atoms with Crippen molar-refractivity contribution in [2.24, 2.45) is 0 Å². The highest BCUT2D eigenvalue weighted by atomic mass is 19.1. The van der Waals surface area contributed by atoms with Crippen LogP contribution < -0.4 is 16.3 Å². The summed E-state index contributed by atoms with van der Waals surface area (Å²) in [6, 6.07) is 5.06. The number of halogens is 2. The zero-order valence-corrected chi connectivity index (χ0v) is 26.4. The van der Waals surface area contributed by atoms with E-state index in [4.69, 9.17) is 10.7 Å². The molecule has 12 heteroatoms. The predicted molar refractivity (Wildman–Crippen MR) is 171 cm³/mol. The second-order valence-corrected chi connectivity index (χ2v) is 12.2. The highest BCUT2D eigenvalue weighted by Crippen LogP contribution is 2.34. The molecule has 3 aromatic heterocycles. The molecule has 1 aromatic carbocycles. The molecule has 1 saturated heterocycles. The van der Waals surface area contributed by atoms with Crippen LogP contribution in [0, 0.1) is 11.6 Å². The number of anilines is 2. The molecule has 10 nitrogen and oxygen atoms in total. The third kappa shape index (κ3) is 5.76. The number of carbonyl (C=O) groups excluding carboxylic acids is 1. The Balaban J connectivity index is 1.82. The Bertz CT molecular complexity index is 1810. The number of aromatic nitrogens is 5. The van der Waals surface area contributed by atoms with E-state index in [1.807, 2.05) is 46.4 Å². The highest BCUT2D eigenvalue weighted by molar-refractivity contribution is 5.90. The number of rotatable bonds is 7. The van der Waals surface area contributed by atoms with Gasteiger partial charge in [0.2, 0.25) is 5.91 Å². The molecule has 0 spiro atoms. The van der Waals surface area contributed by atoms with Crippen molar-refractivity contribution in [1.29, 1.82) is 0 Å². The summed E-state index contributed by atoms with van der Waals surface area (Å²) in [7, 11) is 0. The number of nitrogens with zero attached hydrogens (tertiary/aromatic N) is 7. The van der Waals surface area contributed by atoms with E-state index in [-0.39, 0.29) is 70.0 Å². The topological polar surface area (TPSA) is 123 Å². The molecule has 0 aliphatic carbocycles. The summed E-state index contributed by atoms with van der Waals surface area (Å²) in [4.78, 5) is 48.6. The predicted octanol–water partition coefficient (Wildman–Crippen LogP) is 4.88. The molecule has 5 rings (SSSR count). The number of amides is 1. The molecule has 0 unspecified atom stereocenters. The zero-order chi connectivity index (χ0) is 32.7. The lowest BCUT2D eigenvalue weighted by atomic mass is 10.0. The fourth-order valence-electron chi connectivity index (χ4n) is 5.94. The molecule has 0 bridgehead atoms. The van der Waals surface area contributed by atoms with Gasteiger partial charge in [-0.05, 0) is 50.0 Å². The van der Waals surface area contributed by atoms with Crippen molar-refractivity contribution in [1.82, 2.24) is 29.4 Å². The van der Waals surface area contributed by atoms with Gasteiger partial charge in [-0.1, -0.05) is 40.3 Å². The fraction of sp³-hybridized carbons (Fsp3) is 0.394. The molecule has 1 amide bonds. The average molecular weight is 617 g/mol. The zero-order valence-electron chi connectivity index (χ0n) is 26.4. The largest absolute Gasteiger partial charge is 0.398 e. The Labute approximate surface area is 260 Å². The van der Waals surface area contributed by atoms with E-state index in [9.17, 15) is 14.0 Å². The van der Waals surface area contributed by atoms with Gasteiger partial charge in [0.05, 0.1) is 28.2 Å². The minimum atomic E-state index is -0.697. The van der Waals surface area contributed by atoms with Crippen molar-refractivity contribution in [3.05, 3.63) is 88.0 Å². The van der Waals surface area contributed by atoms with Gasteiger partial charge in [-0.25, -0.2) is 33.1 Å². The van der Waals surface area contributed by atoms with Crippen molar-refractivity contribution in [3.8, 4) is 5.69 Å². The number of fused-ring (bicyclic) bond motifs is 1. The Hall–Kier alpha value is -4.74. The van der Waals surface area contributed by atoms with Gasteiger partial charge in [-0.15, -0.1) is 0 Å². The molecule has 2 N–H and O–H groups in total. The molecule has 0 radical (unpaired) electrons. The highest BCUT2D eigenvalue weighted by Gasteiger charge is 2.34. The van der Waals surface area contributed by atoms with E-state index in [0.717, 1.165) is 0 Å². The van der Waals surface area contributed by atoms with Crippen molar-refractivity contribution < 1.29 is 13.6 Å².